The van der Waals surface area contributed by atoms with Crippen molar-refractivity contribution in [3.8, 4) is 0 Å². The molecule has 0 spiro atoms. The van der Waals surface area contributed by atoms with Gasteiger partial charge >= 0.3 is 0 Å². The summed E-state index contributed by atoms with van der Waals surface area (Å²) in [5.41, 5.74) is 3.67. The highest BCUT2D eigenvalue weighted by Crippen LogP contribution is 2.23. The largest absolute Gasteiger partial charge is 0.312 e. The first-order chi connectivity index (χ1) is 9.25. The van der Waals surface area contributed by atoms with E-state index in [1.165, 1.54) is 29.3 Å². The van der Waals surface area contributed by atoms with Crippen LogP contribution in [0.4, 0.5) is 8.78 Å². The van der Waals surface area contributed by atoms with Gasteiger partial charge in [-0.15, -0.1) is 0 Å². The SMILES string of the molecule is Fc1cccc(F)c1Cc1cccc2c1CCNC2. The number of fused-ring (bicyclic) bond motifs is 1. The van der Waals surface area contributed by atoms with Gasteiger partial charge in [0.25, 0.3) is 0 Å². The van der Waals surface area contributed by atoms with E-state index in [4.69, 9.17) is 0 Å². The molecule has 2 aromatic rings. The lowest BCUT2D eigenvalue weighted by atomic mass is 9.91. The molecule has 2 aromatic carbocycles. The number of hydrogen-bond acceptors (Lipinski definition) is 1. The minimum Gasteiger partial charge on any atom is -0.312 e. The maximum atomic E-state index is 13.7. The normalized spacial score (nSPS) is 14.2. The average Bonchev–Trinajstić information content (AvgIpc) is 2.43. The molecule has 0 aromatic heterocycles. The van der Waals surface area contributed by atoms with Gasteiger partial charge in [0.2, 0.25) is 0 Å². The summed E-state index contributed by atoms with van der Waals surface area (Å²) < 4.78 is 27.4. The van der Waals surface area contributed by atoms with Crippen molar-refractivity contribution in [3.63, 3.8) is 0 Å². The summed E-state index contributed by atoms with van der Waals surface area (Å²) in [5, 5.41) is 3.31. The third-order valence-electron chi connectivity index (χ3n) is 3.67. The topological polar surface area (TPSA) is 12.0 Å². The molecule has 0 atom stereocenters. The Morgan fingerprint density at radius 3 is 2.53 bits per heavy atom. The second kappa shape index (κ2) is 5.10. The van der Waals surface area contributed by atoms with Crippen molar-refractivity contribution in [2.45, 2.75) is 19.4 Å². The smallest absolute Gasteiger partial charge is 0.129 e. The van der Waals surface area contributed by atoms with E-state index in [1.807, 2.05) is 12.1 Å². The van der Waals surface area contributed by atoms with Gasteiger partial charge < -0.3 is 5.32 Å². The van der Waals surface area contributed by atoms with Crippen molar-refractivity contribution in [2.75, 3.05) is 6.54 Å². The molecule has 19 heavy (non-hydrogen) atoms. The van der Waals surface area contributed by atoms with Crippen LogP contribution in [-0.2, 0) is 19.4 Å². The zero-order chi connectivity index (χ0) is 13.2. The molecule has 3 rings (SSSR count). The second-order valence-electron chi connectivity index (χ2n) is 4.86. The van der Waals surface area contributed by atoms with Crippen LogP contribution in [0.15, 0.2) is 36.4 Å². The van der Waals surface area contributed by atoms with Crippen LogP contribution in [0.1, 0.15) is 22.3 Å². The molecule has 1 nitrogen and oxygen atoms in total. The van der Waals surface area contributed by atoms with Gasteiger partial charge in [0, 0.05) is 18.5 Å². The standard InChI is InChI=1S/C16H15F2N/c17-15-5-2-6-16(18)14(15)9-11-3-1-4-12-10-19-8-7-13(11)12/h1-6,19H,7-10H2. The monoisotopic (exact) mass is 259 g/mol. The van der Waals surface area contributed by atoms with Crippen LogP contribution in [0.25, 0.3) is 0 Å². The molecule has 0 saturated heterocycles. The lowest BCUT2D eigenvalue weighted by molar-refractivity contribution is 0.560. The van der Waals surface area contributed by atoms with Gasteiger partial charge in [-0.3, -0.25) is 0 Å². The molecule has 98 valence electrons. The molecule has 0 aliphatic carbocycles. The lowest BCUT2D eigenvalue weighted by Gasteiger charge is -2.20. The van der Waals surface area contributed by atoms with Crippen LogP contribution in [0, 0.1) is 11.6 Å². The molecule has 1 heterocycles. The van der Waals surface area contributed by atoms with E-state index >= 15 is 0 Å². The van der Waals surface area contributed by atoms with Crippen LogP contribution in [-0.4, -0.2) is 6.54 Å². The van der Waals surface area contributed by atoms with E-state index in [1.54, 1.807) is 0 Å². The highest BCUT2D eigenvalue weighted by atomic mass is 19.1. The van der Waals surface area contributed by atoms with Crippen LogP contribution in [0.3, 0.4) is 0 Å². The van der Waals surface area contributed by atoms with Crippen LogP contribution in [0.5, 0.6) is 0 Å². The van der Waals surface area contributed by atoms with Crippen LogP contribution < -0.4 is 5.32 Å². The molecular formula is C16H15F2N. The Morgan fingerprint density at radius 2 is 1.74 bits per heavy atom. The van der Waals surface area contributed by atoms with Crippen molar-refractivity contribution in [2.24, 2.45) is 0 Å². The fourth-order valence-electron chi connectivity index (χ4n) is 2.67. The third-order valence-corrected chi connectivity index (χ3v) is 3.67. The third kappa shape index (κ3) is 2.38. The van der Waals surface area contributed by atoms with Gasteiger partial charge in [0.15, 0.2) is 0 Å². The van der Waals surface area contributed by atoms with Gasteiger partial charge in [0.05, 0.1) is 0 Å². The van der Waals surface area contributed by atoms with E-state index < -0.39 is 11.6 Å². The molecule has 3 heteroatoms. The van der Waals surface area contributed by atoms with Crippen molar-refractivity contribution in [1.29, 1.82) is 0 Å². The van der Waals surface area contributed by atoms with Crippen molar-refractivity contribution in [1.82, 2.24) is 5.32 Å². The summed E-state index contributed by atoms with van der Waals surface area (Å²) in [4.78, 5) is 0. The summed E-state index contributed by atoms with van der Waals surface area (Å²) >= 11 is 0. The van der Waals surface area contributed by atoms with Gasteiger partial charge in [-0.25, -0.2) is 8.78 Å². The highest BCUT2D eigenvalue weighted by molar-refractivity contribution is 5.40. The Morgan fingerprint density at radius 1 is 1.00 bits per heavy atom. The van der Waals surface area contributed by atoms with E-state index in [9.17, 15) is 8.78 Å². The highest BCUT2D eigenvalue weighted by Gasteiger charge is 2.15. The Kier molecular flexibility index (Phi) is 3.30. The van der Waals surface area contributed by atoms with Gasteiger partial charge in [-0.1, -0.05) is 24.3 Å². The van der Waals surface area contributed by atoms with Crippen molar-refractivity contribution >= 4 is 0 Å². The number of rotatable bonds is 2. The zero-order valence-corrected chi connectivity index (χ0v) is 10.5. The minimum atomic E-state index is -0.466. The van der Waals surface area contributed by atoms with E-state index in [2.05, 4.69) is 11.4 Å². The van der Waals surface area contributed by atoms with Crippen molar-refractivity contribution in [3.05, 3.63) is 70.3 Å². The Labute approximate surface area is 111 Å². The maximum absolute atomic E-state index is 13.7. The number of halogens is 2. The van der Waals surface area contributed by atoms with E-state index in [-0.39, 0.29) is 5.56 Å². The maximum Gasteiger partial charge on any atom is 0.129 e. The molecule has 1 aliphatic rings. The molecule has 0 fully saturated rings. The number of nitrogens with one attached hydrogen (secondary N) is 1. The first-order valence-electron chi connectivity index (χ1n) is 6.49. The lowest BCUT2D eigenvalue weighted by Crippen LogP contribution is -2.24. The molecule has 0 bridgehead atoms. The summed E-state index contributed by atoms with van der Waals surface area (Å²) in [6.45, 7) is 1.76. The van der Waals surface area contributed by atoms with Crippen molar-refractivity contribution < 1.29 is 8.78 Å². The zero-order valence-electron chi connectivity index (χ0n) is 10.5. The Hall–Kier alpha value is -1.74. The molecule has 0 amide bonds. The van der Waals surface area contributed by atoms with Crippen LogP contribution >= 0.6 is 0 Å². The van der Waals surface area contributed by atoms with E-state index in [0.717, 1.165) is 25.1 Å². The molecule has 0 saturated carbocycles. The molecule has 0 radical (unpaired) electrons. The summed E-state index contributed by atoms with van der Waals surface area (Å²) in [7, 11) is 0. The first kappa shape index (κ1) is 12.3. The van der Waals surface area contributed by atoms with E-state index in [0.29, 0.717) is 6.42 Å². The minimum absolute atomic E-state index is 0.162. The molecular weight excluding hydrogens is 244 g/mol. The van der Waals surface area contributed by atoms with Gasteiger partial charge in [0.1, 0.15) is 11.6 Å². The van der Waals surface area contributed by atoms with Gasteiger partial charge in [-0.05, 0) is 41.8 Å². The Bertz CT molecular complexity index is 587. The molecule has 1 aliphatic heterocycles. The first-order valence-corrected chi connectivity index (χ1v) is 6.49. The summed E-state index contributed by atoms with van der Waals surface area (Å²) in [6, 6.07) is 10.0. The second-order valence-corrected chi connectivity index (χ2v) is 4.86. The molecule has 1 N–H and O–H groups in total. The predicted molar refractivity (Wildman–Crippen MR) is 71.0 cm³/mol. The van der Waals surface area contributed by atoms with Crippen LogP contribution in [0.2, 0.25) is 0 Å². The quantitative estimate of drug-likeness (QED) is 0.873. The Balaban J connectivity index is 2.00. The summed E-state index contributed by atoms with van der Waals surface area (Å²) in [6.07, 6.45) is 1.24. The number of benzene rings is 2. The fraction of sp³-hybridized carbons (Fsp3) is 0.250. The summed E-state index contributed by atoms with van der Waals surface area (Å²) in [5.74, 6) is -0.932. The molecule has 0 unspecified atom stereocenters. The van der Waals surface area contributed by atoms with Gasteiger partial charge in [-0.2, -0.15) is 0 Å². The predicted octanol–water partition coefficient (Wildman–Crippen LogP) is 3.20. The number of hydrogen-bond donors (Lipinski definition) is 1. The fourth-order valence-corrected chi connectivity index (χ4v) is 2.67. The average molecular weight is 259 g/mol.